The number of carbonyl (C=O) groups excluding carboxylic acids is 2. The molecule has 0 saturated heterocycles. The lowest BCUT2D eigenvalue weighted by Crippen LogP contribution is -2.16. The van der Waals surface area contributed by atoms with E-state index in [0.29, 0.717) is 27.7 Å². The molecular weight excluding hydrogens is 374 g/mol. The van der Waals surface area contributed by atoms with Gasteiger partial charge in [0, 0.05) is 12.6 Å². The molecule has 1 amide bonds. The van der Waals surface area contributed by atoms with E-state index >= 15 is 0 Å². The van der Waals surface area contributed by atoms with Crippen LogP contribution in [-0.2, 0) is 11.3 Å². The van der Waals surface area contributed by atoms with Crippen molar-refractivity contribution < 1.29 is 23.1 Å². The van der Waals surface area contributed by atoms with Gasteiger partial charge in [-0.05, 0) is 30.3 Å². The van der Waals surface area contributed by atoms with E-state index in [2.05, 4.69) is 11.6 Å². The number of esters is 1. The van der Waals surface area contributed by atoms with Crippen molar-refractivity contribution in [1.29, 1.82) is 0 Å². The average molecular weight is 388 g/mol. The molecule has 0 aliphatic carbocycles. The van der Waals surface area contributed by atoms with Crippen LogP contribution in [0.4, 0.5) is 8.78 Å². The first-order chi connectivity index (χ1) is 12.9. The van der Waals surface area contributed by atoms with Crippen LogP contribution in [0.15, 0.2) is 54.0 Å². The number of aromatic nitrogens is 1. The molecule has 0 N–H and O–H groups in total. The van der Waals surface area contributed by atoms with Crippen LogP contribution in [0.1, 0.15) is 20.7 Å². The maximum Gasteiger partial charge on any atom is 0.337 e. The van der Waals surface area contributed by atoms with Crippen LogP contribution in [-0.4, -0.2) is 23.6 Å². The van der Waals surface area contributed by atoms with Crippen LogP contribution < -0.4 is 4.80 Å². The molecule has 0 fully saturated rings. The summed E-state index contributed by atoms with van der Waals surface area (Å²) in [5, 5.41) is 0. The molecule has 3 aromatic rings. The molecule has 0 spiro atoms. The van der Waals surface area contributed by atoms with E-state index in [0.717, 1.165) is 29.0 Å². The van der Waals surface area contributed by atoms with Gasteiger partial charge in [-0.2, -0.15) is 4.99 Å². The summed E-state index contributed by atoms with van der Waals surface area (Å²) < 4.78 is 34.0. The summed E-state index contributed by atoms with van der Waals surface area (Å²) >= 11 is 1.16. The Balaban J connectivity index is 2.15. The Morgan fingerprint density at radius 2 is 2.04 bits per heavy atom. The summed E-state index contributed by atoms with van der Waals surface area (Å²) in [6.45, 7) is 4.04. The number of hydrogen-bond acceptors (Lipinski definition) is 4. The molecule has 0 atom stereocenters. The number of allylic oxidation sites excluding steroid dienone is 1. The van der Waals surface area contributed by atoms with E-state index in [1.807, 2.05) is 0 Å². The van der Waals surface area contributed by atoms with Gasteiger partial charge >= 0.3 is 5.97 Å². The second kappa shape index (κ2) is 7.63. The minimum absolute atomic E-state index is 0.306. The highest BCUT2D eigenvalue weighted by atomic mass is 32.1. The molecule has 0 saturated carbocycles. The smallest absolute Gasteiger partial charge is 0.337 e. The van der Waals surface area contributed by atoms with Gasteiger partial charge < -0.3 is 9.30 Å². The first-order valence-corrected chi connectivity index (χ1v) is 8.63. The number of ether oxygens (including phenoxy) is 1. The SMILES string of the molecule is C=CCn1c(=NC(=O)c2ccc(F)cc2F)sc2cc(C(=O)OC)ccc21. The normalized spacial score (nSPS) is 11.6. The number of halogens is 2. The first kappa shape index (κ1) is 18.7. The van der Waals surface area contributed by atoms with E-state index in [1.165, 1.54) is 7.11 Å². The number of hydrogen-bond donors (Lipinski definition) is 0. The summed E-state index contributed by atoms with van der Waals surface area (Å²) in [7, 11) is 1.29. The number of thiazole rings is 1. The molecule has 0 aliphatic rings. The van der Waals surface area contributed by atoms with E-state index in [-0.39, 0.29) is 5.56 Å². The predicted molar refractivity (Wildman–Crippen MR) is 97.6 cm³/mol. The zero-order valence-electron chi connectivity index (χ0n) is 14.2. The van der Waals surface area contributed by atoms with Gasteiger partial charge in [0.1, 0.15) is 11.6 Å². The van der Waals surface area contributed by atoms with Crippen LogP contribution in [0, 0.1) is 11.6 Å². The zero-order chi connectivity index (χ0) is 19.6. The molecule has 8 heteroatoms. The highest BCUT2D eigenvalue weighted by molar-refractivity contribution is 7.16. The van der Waals surface area contributed by atoms with E-state index in [1.54, 1.807) is 28.8 Å². The minimum atomic E-state index is -0.979. The number of amides is 1. The van der Waals surface area contributed by atoms with E-state index in [9.17, 15) is 18.4 Å². The van der Waals surface area contributed by atoms with E-state index < -0.39 is 23.5 Å². The van der Waals surface area contributed by atoms with Crippen molar-refractivity contribution in [3.8, 4) is 0 Å². The molecule has 2 aromatic carbocycles. The minimum Gasteiger partial charge on any atom is -0.465 e. The van der Waals surface area contributed by atoms with Crippen molar-refractivity contribution in [2.45, 2.75) is 6.54 Å². The van der Waals surface area contributed by atoms with Crippen molar-refractivity contribution in [1.82, 2.24) is 4.57 Å². The van der Waals surface area contributed by atoms with Crippen molar-refractivity contribution in [2.24, 2.45) is 4.99 Å². The lowest BCUT2D eigenvalue weighted by molar-refractivity contribution is 0.0600. The fourth-order valence-corrected chi connectivity index (χ4v) is 3.60. The Kier molecular flexibility index (Phi) is 5.27. The Hall–Kier alpha value is -3.13. The Morgan fingerprint density at radius 3 is 2.70 bits per heavy atom. The van der Waals surface area contributed by atoms with Gasteiger partial charge in [0.2, 0.25) is 0 Å². The van der Waals surface area contributed by atoms with Crippen LogP contribution in [0.2, 0.25) is 0 Å². The molecule has 3 rings (SSSR count). The molecule has 0 unspecified atom stereocenters. The number of benzene rings is 2. The maximum absolute atomic E-state index is 13.8. The quantitative estimate of drug-likeness (QED) is 0.506. The van der Waals surface area contributed by atoms with Crippen LogP contribution in [0.5, 0.6) is 0 Å². The molecule has 0 aliphatic heterocycles. The number of fused-ring (bicyclic) bond motifs is 1. The fourth-order valence-electron chi connectivity index (χ4n) is 2.52. The second-order valence-electron chi connectivity index (χ2n) is 5.50. The van der Waals surface area contributed by atoms with Gasteiger partial charge in [-0.1, -0.05) is 17.4 Å². The van der Waals surface area contributed by atoms with Crippen molar-refractivity contribution in [2.75, 3.05) is 7.11 Å². The fraction of sp³-hybridized carbons (Fsp3) is 0.105. The number of nitrogens with zero attached hydrogens (tertiary/aromatic N) is 2. The van der Waals surface area contributed by atoms with Crippen molar-refractivity contribution >= 4 is 33.4 Å². The summed E-state index contributed by atoms with van der Waals surface area (Å²) in [4.78, 5) is 28.4. The molecule has 5 nitrogen and oxygen atoms in total. The molecule has 0 radical (unpaired) electrons. The lowest BCUT2D eigenvalue weighted by Gasteiger charge is -2.02. The van der Waals surface area contributed by atoms with Crippen LogP contribution in [0.3, 0.4) is 0 Å². The van der Waals surface area contributed by atoms with Gasteiger partial charge in [-0.25, -0.2) is 13.6 Å². The van der Waals surface area contributed by atoms with Crippen molar-refractivity contribution in [3.63, 3.8) is 0 Å². The van der Waals surface area contributed by atoms with Crippen LogP contribution in [0.25, 0.3) is 10.2 Å². The molecule has 1 heterocycles. The van der Waals surface area contributed by atoms with Crippen molar-refractivity contribution in [3.05, 3.63) is 76.6 Å². The Bertz CT molecular complexity index is 1130. The molecule has 27 heavy (non-hydrogen) atoms. The molecule has 138 valence electrons. The third-order valence-corrected chi connectivity index (χ3v) is 4.82. The highest BCUT2D eigenvalue weighted by Crippen LogP contribution is 2.20. The standard InChI is InChI=1S/C19H14F2N2O3S/c1-3-8-23-15-7-4-11(18(25)26-2)9-16(15)27-19(23)22-17(24)13-6-5-12(20)10-14(13)21/h3-7,9-10H,1,8H2,2H3. The number of carbonyl (C=O) groups is 2. The Labute approximate surface area is 156 Å². The Morgan fingerprint density at radius 1 is 1.26 bits per heavy atom. The van der Waals surface area contributed by atoms with Gasteiger partial charge in [0.25, 0.3) is 5.91 Å². The number of methoxy groups -OCH3 is 1. The van der Waals surface area contributed by atoms with E-state index in [4.69, 9.17) is 4.74 Å². The van der Waals surface area contributed by atoms with Gasteiger partial charge in [0.05, 0.1) is 28.5 Å². The topological polar surface area (TPSA) is 60.7 Å². The average Bonchev–Trinajstić information content (AvgIpc) is 2.97. The van der Waals surface area contributed by atoms with Gasteiger partial charge in [0.15, 0.2) is 4.80 Å². The third kappa shape index (κ3) is 3.70. The predicted octanol–water partition coefficient (Wildman–Crippen LogP) is 3.69. The summed E-state index contributed by atoms with van der Waals surface area (Å²) in [6, 6.07) is 7.63. The first-order valence-electron chi connectivity index (χ1n) is 7.81. The lowest BCUT2D eigenvalue weighted by atomic mass is 10.2. The summed E-state index contributed by atoms with van der Waals surface area (Å²) in [5.74, 6) is -3.07. The monoisotopic (exact) mass is 388 g/mol. The maximum atomic E-state index is 13.8. The molecule has 0 bridgehead atoms. The van der Waals surface area contributed by atoms with Crippen LogP contribution >= 0.6 is 11.3 Å². The summed E-state index contributed by atoms with van der Waals surface area (Å²) in [5.41, 5.74) is 0.771. The third-order valence-electron chi connectivity index (χ3n) is 3.77. The second-order valence-corrected chi connectivity index (χ2v) is 6.51. The summed E-state index contributed by atoms with van der Waals surface area (Å²) in [6.07, 6.45) is 1.63. The molecular formula is C19H14F2N2O3S. The largest absolute Gasteiger partial charge is 0.465 e. The zero-order valence-corrected chi connectivity index (χ0v) is 15.1. The van der Waals surface area contributed by atoms with Gasteiger partial charge in [-0.3, -0.25) is 4.79 Å². The highest BCUT2D eigenvalue weighted by Gasteiger charge is 2.14. The number of rotatable bonds is 4. The van der Waals surface area contributed by atoms with Gasteiger partial charge in [-0.15, -0.1) is 6.58 Å². The molecule has 1 aromatic heterocycles.